The predicted octanol–water partition coefficient (Wildman–Crippen LogP) is 3.64. The van der Waals surface area contributed by atoms with E-state index in [4.69, 9.17) is 27.3 Å². The molecule has 0 spiro atoms. The molecule has 1 heterocycles. The summed E-state index contributed by atoms with van der Waals surface area (Å²) in [5.74, 6) is 1.24. The van der Waals surface area contributed by atoms with Crippen LogP contribution in [-0.2, 0) is 11.5 Å². The van der Waals surface area contributed by atoms with E-state index in [0.29, 0.717) is 11.5 Å². The normalized spacial score (nSPS) is 11.0. The molecule has 24 heavy (non-hydrogen) atoms. The smallest absolute Gasteiger partial charge is 0.151 e. The van der Waals surface area contributed by atoms with Crippen molar-refractivity contribution in [1.29, 1.82) is 10.8 Å². The van der Waals surface area contributed by atoms with E-state index in [1.54, 1.807) is 0 Å². The Morgan fingerprint density at radius 2 is 1.29 bits per heavy atom. The molecule has 0 aliphatic carbocycles. The van der Waals surface area contributed by atoms with Crippen molar-refractivity contribution in [3.05, 3.63) is 53.6 Å². The van der Waals surface area contributed by atoms with Crippen LogP contribution in [-0.4, -0.2) is 15.3 Å². The summed E-state index contributed by atoms with van der Waals surface area (Å²) in [6, 6.07) is 14.2. The van der Waals surface area contributed by atoms with E-state index in [1.165, 1.54) is 23.5 Å². The van der Waals surface area contributed by atoms with Gasteiger partial charge in [-0.05, 0) is 17.2 Å². The van der Waals surface area contributed by atoms with Crippen molar-refractivity contribution in [3.63, 3.8) is 0 Å². The molecule has 0 aliphatic rings. The second kappa shape index (κ2) is 7.11. The quantitative estimate of drug-likeness (QED) is 0.324. The number of nitrogens with one attached hydrogen (secondary N) is 2. The first-order valence-electron chi connectivity index (χ1n) is 7.28. The van der Waals surface area contributed by atoms with Crippen molar-refractivity contribution >= 4 is 55.7 Å². The van der Waals surface area contributed by atoms with E-state index in [2.05, 4.69) is 6.07 Å². The van der Waals surface area contributed by atoms with Gasteiger partial charge in [0.2, 0.25) is 0 Å². The number of nitrogens with zero attached hydrogens (tertiary/aromatic N) is 1. The Kier molecular flexibility index (Phi) is 4.92. The lowest BCUT2D eigenvalue weighted by molar-refractivity contribution is 1.36. The van der Waals surface area contributed by atoms with Crippen LogP contribution < -0.4 is 11.5 Å². The van der Waals surface area contributed by atoms with E-state index in [9.17, 15) is 0 Å². The number of amidine groups is 2. The fraction of sp³-hybridized carbons (Fsp3) is 0.118. The zero-order valence-electron chi connectivity index (χ0n) is 12.9. The topological polar surface area (TPSA) is 113 Å². The minimum absolute atomic E-state index is 0.103. The standard InChI is InChI=1S/C17H17N5S2/c18-16(19)23-8-12-5-1-3-10-7-11-4-2-6-13(9-24-17(20)21)15(11)22-14(10)12/h1-7H,8-9H2,(H3,18,19)(H3,20,21). The van der Waals surface area contributed by atoms with Gasteiger partial charge < -0.3 is 11.5 Å². The molecule has 0 aliphatic heterocycles. The molecule has 0 fully saturated rings. The fourth-order valence-electron chi connectivity index (χ4n) is 2.55. The molecule has 7 heteroatoms. The highest BCUT2D eigenvalue weighted by Gasteiger charge is 2.09. The van der Waals surface area contributed by atoms with E-state index in [-0.39, 0.29) is 10.3 Å². The van der Waals surface area contributed by atoms with E-state index < -0.39 is 0 Å². The SMILES string of the molecule is N=C(N)SCc1cccc2cc3cccc(CSC(=N)N)c3nc12. The van der Waals surface area contributed by atoms with Crippen LogP contribution in [0.5, 0.6) is 0 Å². The van der Waals surface area contributed by atoms with Crippen molar-refractivity contribution in [1.82, 2.24) is 4.98 Å². The summed E-state index contributed by atoms with van der Waals surface area (Å²) < 4.78 is 0. The maximum absolute atomic E-state index is 7.40. The molecule has 5 nitrogen and oxygen atoms in total. The fourth-order valence-corrected chi connectivity index (χ4v) is 3.64. The van der Waals surface area contributed by atoms with Gasteiger partial charge in [-0.2, -0.15) is 0 Å². The molecule has 2 aromatic carbocycles. The molecular weight excluding hydrogens is 338 g/mol. The van der Waals surface area contributed by atoms with Gasteiger partial charge in [0.05, 0.1) is 11.0 Å². The van der Waals surface area contributed by atoms with Gasteiger partial charge in [0.25, 0.3) is 0 Å². The Morgan fingerprint density at radius 3 is 1.71 bits per heavy atom. The average Bonchev–Trinajstić information content (AvgIpc) is 2.56. The van der Waals surface area contributed by atoms with Crippen molar-refractivity contribution in [2.45, 2.75) is 11.5 Å². The van der Waals surface area contributed by atoms with Gasteiger partial charge >= 0.3 is 0 Å². The number of fused-ring (bicyclic) bond motifs is 2. The number of thioether (sulfide) groups is 2. The Morgan fingerprint density at radius 1 is 0.833 bits per heavy atom. The average molecular weight is 355 g/mol. The Bertz CT molecular complexity index is 866. The van der Waals surface area contributed by atoms with Gasteiger partial charge in [-0.1, -0.05) is 59.9 Å². The number of benzene rings is 2. The van der Waals surface area contributed by atoms with Gasteiger partial charge in [-0.25, -0.2) is 4.98 Å². The van der Waals surface area contributed by atoms with Crippen LogP contribution in [0, 0.1) is 10.8 Å². The molecule has 0 unspecified atom stereocenters. The van der Waals surface area contributed by atoms with E-state index in [0.717, 1.165) is 32.9 Å². The lowest BCUT2D eigenvalue weighted by Gasteiger charge is -2.10. The number of hydrogen-bond donors (Lipinski definition) is 4. The molecule has 3 aromatic rings. The molecule has 0 amide bonds. The summed E-state index contributed by atoms with van der Waals surface area (Å²) in [4.78, 5) is 4.88. The van der Waals surface area contributed by atoms with Crippen LogP contribution in [0.15, 0.2) is 42.5 Å². The van der Waals surface area contributed by atoms with Gasteiger partial charge in [0.1, 0.15) is 0 Å². The van der Waals surface area contributed by atoms with Crippen molar-refractivity contribution in [3.8, 4) is 0 Å². The van der Waals surface area contributed by atoms with Crippen LogP contribution in [0.1, 0.15) is 11.1 Å². The first kappa shape index (κ1) is 16.6. The highest BCUT2D eigenvalue weighted by Crippen LogP contribution is 2.28. The lowest BCUT2D eigenvalue weighted by atomic mass is 10.1. The first-order chi connectivity index (χ1) is 11.5. The van der Waals surface area contributed by atoms with Gasteiger partial charge in [0, 0.05) is 22.3 Å². The van der Waals surface area contributed by atoms with Crippen LogP contribution in [0.25, 0.3) is 21.8 Å². The molecule has 1 aromatic heterocycles. The molecule has 0 saturated carbocycles. The van der Waals surface area contributed by atoms with Crippen LogP contribution in [0.2, 0.25) is 0 Å². The maximum Gasteiger partial charge on any atom is 0.151 e. The summed E-state index contributed by atoms with van der Waals surface area (Å²) >= 11 is 2.59. The molecule has 0 atom stereocenters. The van der Waals surface area contributed by atoms with E-state index >= 15 is 0 Å². The molecule has 122 valence electrons. The van der Waals surface area contributed by atoms with Gasteiger partial charge in [-0.15, -0.1) is 0 Å². The molecule has 0 bridgehead atoms. The zero-order chi connectivity index (χ0) is 17.1. The third kappa shape index (κ3) is 3.63. The number of nitrogens with two attached hydrogens (primary N) is 2. The zero-order valence-corrected chi connectivity index (χ0v) is 14.5. The van der Waals surface area contributed by atoms with Crippen LogP contribution >= 0.6 is 23.5 Å². The first-order valence-corrected chi connectivity index (χ1v) is 9.25. The molecule has 0 saturated heterocycles. The Balaban J connectivity index is 2.11. The number of pyridine rings is 1. The van der Waals surface area contributed by atoms with Crippen molar-refractivity contribution in [2.24, 2.45) is 11.5 Å². The Labute approximate surface area is 148 Å². The number of rotatable bonds is 4. The van der Waals surface area contributed by atoms with Crippen LogP contribution in [0.3, 0.4) is 0 Å². The summed E-state index contributed by atoms with van der Waals surface area (Å²) in [5, 5.41) is 17.1. The van der Waals surface area contributed by atoms with Crippen molar-refractivity contribution < 1.29 is 0 Å². The highest BCUT2D eigenvalue weighted by molar-refractivity contribution is 8.13. The monoisotopic (exact) mass is 355 g/mol. The lowest BCUT2D eigenvalue weighted by Crippen LogP contribution is -2.04. The molecular formula is C17H17N5S2. The third-order valence-corrected chi connectivity index (χ3v) is 5.14. The number of aromatic nitrogens is 1. The maximum atomic E-state index is 7.40. The summed E-state index contributed by atoms with van der Waals surface area (Å²) in [6.07, 6.45) is 0. The number of para-hydroxylation sites is 2. The van der Waals surface area contributed by atoms with Crippen molar-refractivity contribution in [2.75, 3.05) is 0 Å². The third-order valence-electron chi connectivity index (χ3n) is 3.60. The second-order valence-electron chi connectivity index (χ2n) is 5.27. The van der Waals surface area contributed by atoms with E-state index in [1.807, 2.05) is 36.4 Å². The predicted molar refractivity (Wildman–Crippen MR) is 106 cm³/mol. The van der Waals surface area contributed by atoms with Crippen LogP contribution in [0.4, 0.5) is 0 Å². The largest absolute Gasteiger partial charge is 0.379 e. The highest BCUT2D eigenvalue weighted by atomic mass is 32.2. The summed E-state index contributed by atoms with van der Waals surface area (Å²) in [5.41, 5.74) is 14.9. The molecule has 0 radical (unpaired) electrons. The van der Waals surface area contributed by atoms with Gasteiger partial charge in [-0.3, -0.25) is 10.8 Å². The Hall–Kier alpha value is -2.25. The van der Waals surface area contributed by atoms with Gasteiger partial charge in [0.15, 0.2) is 10.3 Å². The minimum atomic E-state index is 0.103. The minimum Gasteiger partial charge on any atom is -0.379 e. The molecule has 6 N–H and O–H groups in total. The number of hydrogen-bond acceptors (Lipinski definition) is 5. The summed E-state index contributed by atoms with van der Waals surface area (Å²) in [7, 11) is 0. The molecule has 3 rings (SSSR count). The second-order valence-corrected chi connectivity index (χ2v) is 7.31. The summed E-state index contributed by atoms with van der Waals surface area (Å²) in [6.45, 7) is 0.